The maximum atomic E-state index is 5.96. The number of guanidine groups is 1. The van der Waals surface area contributed by atoms with Crippen LogP contribution in [0, 0.1) is 6.92 Å². The fourth-order valence-corrected chi connectivity index (χ4v) is 3.59. The van der Waals surface area contributed by atoms with Gasteiger partial charge in [-0.3, -0.25) is 4.99 Å². The second kappa shape index (κ2) is 9.20. The number of hydrogen-bond acceptors (Lipinski definition) is 3. The molecule has 1 aromatic carbocycles. The molecule has 0 radical (unpaired) electrons. The highest BCUT2D eigenvalue weighted by atomic mass is 16.5. The molecule has 25 heavy (non-hydrogen) atoms. The van der Waals surface area contributed by atoms with Crippen molar-refractivity contribution in [2.75, 3.05) is 39.4 Å². The summed E-state index contributed by atoms with van der Waals surface area (Å²) in [6.07, 6.45) is 3.64. The molecule has 2 heterocycles. The lowest BCUT2D eigenvalue weighted by Crippen LogP contribution is -2.53. The highest BCUT2D eigenvalue weighted by Gasteiger charge is 2.32. The van der Waals surface area contributed by atoms with Crippen molar-refractivity contribution in [3.63, 3.8) is 0 Å². The molecule has 0 aromatic heterocycles. The number of aliphatic imine (C=N–C) groups is 1. The van der Waals surface area contributed by atoms with Crippen molar-refractivity contribution >= 4 is 5.96 Å². The summed E-state index contributed by atoms with van der Waals surface area (Å²) in [5, 5.41) is 3.44. The Kier molecular flexibility index (Phi) is 6.70. The van der Waals surface area contributed by atoms with Crippen molar-refractivity contribution in [2.24, 2.45) is 4.99 Å². The molecule has 0 spiro atoms. The smallest absolute Gasteiger partial charge is 0.194 e. The number of aryl methyl sites for hydroxylation is 1. The van der Waals surface area contributed by atoms with E-state index >= 15 is 0 Å². The van der Waals surface area contributed by atoms with Gasteiger partial charge in [0.15, 0.2) is 5.96 Å². The Morgan fingerprint density at radius 2 is 2.08 bits per heavy atom. The van der Waals surface area contributed by atoms with Gasteiger partial charge >= 0.3 is 0 Å². The first-order chi connectivity index (χ1) is 12.3. The molecule has 3 rings (SSSR count). The van der Waals surface area contributed by atoms with Crippen molar-refractivity contribution < 1.29 is 9.47 Å². The van der Waals surface area contributed by atoms with Crippen LogP contribution in [0.5, 0.6) is 0 Å². The maximum Gasteiger partial charge on any atom is 0.194 e. The van der Waals surface area contributed by atoms with Gasteiger partial charge in [0.2, 0.25) is 0 Å². The van der Waals surface area contributed by atoms with Crippen LogP contribution < -0.4 is 5.32 Å². The van der Waals surface area contributed by atoms with Gasteiger partial charge in [-0.25, -0.2) is 0 Å². The molecule has 2 atom stereocenters. The number of morpholine rings is 1. The molecule has 1 N–H and O–H groups in total. The second-order valence-corrected chi connectivity index (χ2v) is 6.82. The maximum absolute atomic E-state index is 5.96. The molecule has 2 saturated heterocycles. The van der Waals surface area contributed by atoms with Gasteiger partial charge < -0.3 is 19.7 Å². The summed E-state index contributed by atoms with van der Waals surface area (Å²) in [7, 11) is 0. The lowest BCUT2D eigenvalue weighted by molar-refractivity contribution is -0.0817. The van der Waals surface area contributed by atoms with Crippen molar-refractivity contribution in [3.05, 3.63) is 35.4 Å². The minimum atomic E-state index is 0.163. The molecule has 2 unspecified atom stereocenters. The van der Waals surface area contributed by atoms with E-state index in [-0.39, 0.29) is 12.2 Å². The fraction of sp³-hybridized carbons (Fsp3) is 0.650. The summed E-state index contributed by atoms with van der Waals surface area (Å²) in [5.74, 6) is 1.00. The molecule has 0 saturated carbocycles. The highest BCUT2D eigenvalue weighted by Crippen LogP contribution is 2.21. The van der Waals surface area contributed by atoms with Crippen LogP contribution in [-0.2, 0) is 15.9 Å². The van der Waals surface area contributed by atoms with E-state index < -0.39 is 0 Å². The van der Waals surface area contributed by atoms with Crippen LogP contribution in [0.1, 0.15) is 30.9 Å². The van der Waals surface area contributed by atoms with Gasteiger partial charge in [0, 0.05) is 32.8 Å². The van der Waals surface area contributed by atoms with Crippen molar-refractivity contribution in [1.29, 1.82) is 0 Å². The molecule has 0 amide bonds. The van der Waals surface area contributed by atoms with E-state index in [4.69, 9.17) is 14.5 Å². The SMILES string of the molecule is CCNC(=NCCc1ccccc1C)N1CCOC(C2CCCO2)C1. The van der Waals surface area contributed by atoms with Crippen LogP contribution in [0.25, 0.3) is 0 Å². The lowest BCUT2D eigenvalue weighted by Gasteiger charge is -2.37. The zero-order chi connectivity index (χ0) is 17.5. The molecule has 0 bridgehead atoms. The first-order valence-electron chi connectivity index (χ1n) is 9.59. The molecule has 2 aliphatic rings. The van der Waals surface area contributed by atoms with Gasteiger partial charge in [0.1, 0.15) is 6.10 Å². The minimum absolute atomic E-state index is 0.163. The fourth-order valence-electron chi connectivity index (χ4n) is 3.59. The van der Waals surface area contributed by atoms with E-state index in [9.17, 15) is 0 Å². The standard InChI is InChI=1S/C20H31N3O2/c1-3-21-20(22-11-10-17-8-5-4-7-16(17)2)23-12-14-25-19(15-23)18-9-6-13-24-18/h4-5,7-8,18-19H,3,6,9-15H2,1-2H3,(H,21,22). The Morgan fingerprint density at radius 3 is 2.84 bits per heavy atom. The summed E-state index contributed by atoms with van der Waals surface area (Å²) in [4.78, 5) is 7.20. The third-order valence-corrected chi connectivity index (χ3v) is 5.01. The molecular weight excluding hydrogens is 314 g/mol. The predicted molar refractivity (Wildman–Crippen MR) is 101 cm³/mol. The molecule has 1 aromatic rings. The van der Waals surface area contributed by atoms with Crippen molar-refractivity contribution in [2.45, 2.75) is 45.3 Å². The number of rotatable bonds is 5. The van der Waals surface area contributed by atoms with Crippen LogP contribution in [0.15, 0.2) is 29.3 Å². The summed E-state index contributed by atoms with van der Waals surface area (Å²) in [5.41, 5.74) is 2.72. The van der Waals surface area contributed by atoms with Crippen LogP contribution in [0.4, 0.5) is 0 Å². The molecule has 5 nitrogen and oxygen atoms in total. The van der Waals surface area contributed by atoms with Crippen LogP contribution >= 0.6 is 0 Å². The van der Waals surface area contributed by atoms with Gasteiger partial charge in [-0.1, -0.05) is 24.3 Å². The number of benzene rings is 1. The van der Waals surface area contributed by atoms with Crippen molar-refractivity contribution in [3.8, 4) is 0 Å². The summed E-state index contributed by atoms with van der Waals surface area (Å²) < 4.78 is 11.8. The van der Waals surface area contributed by atoms with E-state index in [2.05, 4.69) is 48.3 Å². The predicted octanol–water partition coefficient (Wildman–Crippen LogP) is 2.38. The van der Waals surface area contributed by atoms with Gasteiger partial charge in [0.25, 0.3) is 0 Å². The van der Waals surface area contributed by atoms with E-state index in [1.54, 1.807) is 0 Å². The molecule has 2 aliphatic heterocycles. The monoisotopic (exact) mass is 345 g/mol. The quantitative estimate of drug-likeness (QED) is 0.657. The lowest BCUT2D eigenvalue weighted by atomic mass is 10.1. The molecule has 2 fully saturated rings. The van der Waals surface area contributed by atoms with E-state index in [1.807, 2.05) is 0 Å². The largest absolute Gasteiger partial charge is 0.375 e. The zero-order valence-electron chi connectivity index (χ0n) is 15.5. The molecule has 5 heteroatoms. The summed E-state index contributed by atoms with van der Waals surface area (Å²) in [6.45, 7) is 9.33. The molecular formula is C20H31N3O2. The Balaban J connectivity index is 1.60. The average molecular weight is 345 g/mol. The number of nitrogens with zero attached hydrogens (tertiary/aromatic N) is 2. The van der Waals surface area contributed by atoms with E-state index in [0.29, 0.717) is 0 Å². The summed E-state index contributed by atoms with van der Waals surface area (Å²) >= 11 is 0. The average Bonchev–Trinajstić information content (AvgIpc) is 3.17. The van der Waals surface area contributed by atoms with E-state index in [1.165, 1.54) is 11.1 Å². The molecule has 138 valence electrons. The Labute approximate surface area is 151 Å². The van der Waals surface area contributed by atoms with Crippen LogP contribution in [0.2, 0.25) is 0 Å². The Hall–Kier alpha value is -1.59. The first-order valence-corrected chi connectivity index (χ1v) is 9.59. The van der Waals surface area contributed by atoms with Gasteiger partial charge in [-0.2, -0.15) is 0 Å². The highest BCUT2D eigenvalue weighted by molar-refractivity contribution is 5.80. The summed E-state index contributed by atoms with van der Waals surface area (Å²) in [6, 6.07) is 8.55. The van der Waals surface area contributed by atoms with E-state index in [0.717, 1.165) is 64.6 Å². The zero-order valence-corrected chi connectivity index (χ0v) is 15.5. The van der Waals surface area contributed by atoms with Gasteiger partial charge in [-0.15, -0.1) is 0 Å². The third-order valence-electron chi connectivity index (χ3n) is 5.01. The Morgan fingerprint density at radius 1 is 1.24 bits per heavy atom. The van der Waals surface area contributed by atoms with Gasteiger partial charge in [0.05, 0.1) is 12.7 Å². The second-order valence-electron chi connectivity index (χ2n) is 6.82. The first kappa shape index (κ1) is 18.2. The van der Waals surface area contributed by atoms with Crippen LogP contribution in [0.3, 0.4) is 0 Å². The number of nitrogens with one attached hydrogen (secondary N) is 1. The minimum Gasteiger partial charge on any atom is -0.375 e. The van der Waals surface area contributed by atoms with Crippen molar-refractivity contribution in [1.82, 2.24) is 10.2 Å². The third kappa shape index (κ3) is 4.95. The Bertz CT molecular complexity index is 570. The number of hydrogen-bond donors (Lipinski definition) is 1. The van der Waals surface area contributed by atoms with Gasteiger partial charge in [-0.05, 0) is 44.2 Å². The number of ether oxygens (including phenoxy) is 2. The molecule has 0 aliphatic carbocycles. The topological polar surface area (TPSA) is 46.1 Å². The van der Waals surface area contributed by atoms with Crippen LogP contribution in [-0.4, -0.2) is 62.5 Å². The normalized spacial score (nSPS) is 24.6.